The first-order valence-electron chi connectivity index (χ1n) is 10.6. The molecule has 0 N–H and O–H groups in total. The van der Waals surface area contributed by atoms with E-state index < -0.39 is 5.97 Å². The molecule has 1 aromatic heterocycles. The molecule has 0 fully saturated rings. The van der Waals surface area contributed by atoms with Crippen LogP contribution in [-0.4, -0.2) is 18.5 Å². The summed E-state index contributed by atoms with van der Waals surface area (Å²) in [7, 11) is 0. The minimum Gasteiger partial charge on any atom is -0.494 e. The van der Waals surface area contributed by atoms with Gasteiger partial charge in [-0.2, -0.15) is 0 Å². The van der Waals surface area contributed by atoms with Crippen molar-refractivity contribution in [1.82, 2.24) is 0 Å². The summed E-state index contributed by atoms with van der Waals surface area (Å²) in [5, 5.41) is 0. The summed E-state index contributed by atoms with van der Waals surface area (Å²) in [4.78, 5) is 16.3. The van der Waals surface area contributed by atoms with Gasteiger partial charge in [0.05, 0.1) is 12.9 Å². The third-order valence-electron chi connectivity index (χ3n) is 4.81. The van der Waals surface area contributed by atoms with Gasteiger partial charge in [-0.25, -0.2) is 9.79 Å². The van der Waals surface area contributed by atoms with Gasteiger partial charge >= 0.3 is 5.97 Å². The molecule has 5 nitrogen and oxygen atoms in total. The highest BCUT2D eigenvalue weighted by atomic mass is 16.6. The van der Waals surface area contributed by atoms with Crippen molar-refractivity contribution in [2.45, 2.75) is 58.3 Å². The molecule has 0 amide bonds. The molecular weight excluding hydrogens is 366 g/mol. The standard InChI is InChI=1S/C24H29NO4/c1-2-3-4-5-6-7-8-9-16-27-20-14-12-19(13-15-20)23-25-22(24(26)29-23)18-21-11-10-17-28-21/h10-15,17-18H,2-9,16H2,1H3. The molecule has 0 bridgehead atoms. The zero-order chi connectivity index (χ0) is 20.3. The Morgan fingerprint density at radius 2 is 1.69 bits per heavy atom. The lowest BCUT2D eigenvalue weighted by atomic mass is 10.1. The molecule has 0 atom stereocenters. The molecule has 0 saturated heterocycles. The molecule has 0 aliphatic carbocycles. The fourth-order valence-electron chi connectivity index (χ4n) is 3.16. The molecule has 0 spiro atoms. The van der Waals surface area contributed by atoms with Gasteiger partial charge in [-0.1, -0.05) is 51.9 Å². The van der Waals surface area contributed by atoms with E-state index in [1.54, 1.807) is 24.5 Å². The van der Waals surface area contributed by atoms with Gasteiger partial charge in [0.15, 0.2) is 5.70 Å². The van der Waals surface area contributed by atoms with Gasteiger partial charge in [0.25, 0.3) is 0 Å². The minimum absolute atomic E-state index is 0.227. The zero-order valence-electron chi connectivity index (χ0n) is 17.1. The number of esters is 1. The molecule has 1 aromatic carbocycles. The molecule has 2 aromatic rings. The highest BCUT2D eigenvalue weighted by Gasteiger charge is 2.24. The number of benzene rings is 1. The van der Waals surface area contributed by atoms with Crippen molar-refractivity contribution in [1.29, 1.82) is 0 Å². The van der Waals surface area contributed by atoms with E-state index in [2.05, 4.69) is 11.9 Å². The van der Waals surface area contributed by atoms with E-state index in [1.807, 2.05) is 24.3 Å². The number of rotatable bonds is 12. The molecular formula is C24H29NO4. The van der Waals surface area contributed by atoms with Crippen molar-refractivity contribution in [3.63, 3.8) is 0 Å². The third kappa shape index (κ3) is 6.63. The largest absolute Gasteiger partial charge is 0.494 e. The molecule has 0 saturated carbocycles. The summed E-state index contributed by atoms with van der Waals surface area (Å²) < 4.78 is 16.3. The Morgan fingerprint density at radius 3 is 2.38 bits per heavy atom. The van der Waals surface area contributed by atoms with Gasteiger partial charge in [0.2, 0.25) is 5.90 Å². The molecule has 0 unspecified atom stereocenters. The summed E-state index contributed by atoms with van der Waals surface area (Å²) in [5.74, 6) is 1.19. The van der Waals surface area contributed by atoms with Gasteiger partial charge < -0.3 is 13.9 Å². The number of ether oxygens (including phenoxy) is 2. The number of nitrogens with zero attached hydrogens (tertiary/aromatic N) is 1. The Morgan fingerprint density at radius 1 is 0.966 bits per heavy atom. The topological polar surface area (TPSA) is 61.0 Å². The second kappa shape index (κ2) is 11.2. The second-order valence-corrected chi connectivity index (χ2v) is 7.20. The number of aliphatic imine (C=N–C) groups is 1. The van der Waals surface area contributed by atoms with Crippen LogP contribution in [0.5, 0.6) is 5.75 Å². The van der Waals surface area contributed by atoms with E-state index in [9.17, 15) is 4.79 Å². The van der Waals surface area contributed by atoms with Crippen LogP contribution in [0, 0.1) is 0 Å². The minimum atomic E-state index is -0.480. The van der Waals surface area contributed by atoms with Crippen molar-refractivity contribution in [3.8, 4) is 5.75 Å². The Bertz CT molecular complexity index is 819. The number of carbonyl (C=O) groups is 1. The fraction of sp³-hybridized carbons (Fsp3) is 0.417. The lowest BCUT2D eigenvalue weighted by Crippen LogP contribution is -2.05. The van der Waals surface area contributed by atoms with Crippen LogP contribution in [0.25, 0.3) is 6.08 Å². The van der Waals surface area contributed by atoms with E-state index in [-0.39, 0.29) is 5.70 Å². The van der Waals surface area contributed by atoms with E-state index in [0.717, 1.165) is 24.3 Å². The molecule has 2 heterocycles. The van der Waals surface area contributed by atoms with Crippen LogP contribution in [0.4, 0.5) is 0 Å². The van der Waals surface area contributed by atoms with Crippen LogP contribution in [-0.2, 0) is 9.53 Å². The molecule has 5 heteroatoms. The predicted octanol–water partition coefficient (Wildman–Crippen LogP) is 6.14. The fourth-order valence-corrected chi connectivity index (χ4v) is 3.16. The Hall–Kier alpha value is -2.82. The van der Waals surface area contributed by atoms with E-state index >= 15 is 0 Å². The van der Waals surface area contributed by atoms with Gasteiger partial charge in [0, 0.05) is 11.6 Å². The average Bonchev–Trinajstić information content (AvgIpc) is 3.38. The first kappa shape index (κ1) is 20.9. The summed E-state index contributed by atoms with van der Waals surface area (Å²) in [6, 6.07) is 11.0. The molecule has 0 radical (unpaired) electrons. The van der Waals surface area contributed by atoms with Crippen LogP contribution in [0.2, 0.25) is 0 Å². The summed E-state index contributed by atoms with van der Waals surface area (Å²) >= 11 is 0. The zero-order valence-corrected chi connectivity index (χ0v) is 17.1. The third-order valence-corrected chi connectivity index (χ3v) is 4.81. The van der Waals surface area contributed by atoms with E-state index in [0.29, 0.717) is 11.7 Å². The molecule has 154 valence electrons. The Balaban J connectivity index is 1.42. The van der Waals surface area contributed by atoms with Gasteiger partial charge in [-0.15, -0.1) is 0 Å². The van der Waals surface area contributed by atoms with Gasteiger partial charge in [-0.3, -0.25) is 0 Å². The van der Waals surface area contributed by atoms with E-state index in [1.165, 1.54) is 44.9 Å². The predicted molar refractivity (Wildman–Crippen MR) is 114 cm³/mol. The number of carbonyl (C=O) groups excluding carboxylic acids is 1. The average molecular weight is 395 g/mol. The highest BCUT2D eigenvalue weighted by Crippen LogP contribution is 2.21. The van der Waals surface area contributed by atoms with Crippen LogP contribution < -0.4 is 4.74 Å². The van der Waals surface area contributed by atoms with Crippen molar-refractivity contribution >= 4 is 17.9 Å². The van der Waals surface area contributed by atoms with Crippen LogP contribution in [0.15, 0.2) is 57.8 Å². The molecule has 29 heavy (non-hydrogen) atoms. The lowest BCUT2D eigenvalue weighted by Gasteiger charge is -2.07. The Labute approximate surface area is 172 Å². The first-order chi connectivity index (χ1) is 14.3. The number of hydrogen-bond donors (Lipinski definition) is 0. The smallest absolute Gasteiger partial charge is 0.363 e. The quantitative estimate of drug-likeness (QED) is 0.246. The van der Waals surface area contributed by atoms with Crippen molar-refractivity contribution in [3.05, 3.63) is 59.7 Å². The van der Waals surface area contributed by atoms with Crippen molar-refractivity contribution < 1.29 is 18.7 Å². The van der Waals surface area contributed by atoms with Crippen LogP contribution in [0.1, 0.15) is 69.6 Å². The van der Waals surface area contributed by atoms with E-state index in [4.69, 9.17) is 13.9 Å². The van der Waals surface area contributed by atoms with Crippen molar-refractivity contribution in [2.24, 2.45) is 4.99 Å². The maximum Gasteiger partial charge on any atom is 0.363 e. The highest BCUT2D eigenvalue weighted by molar-refractivity contribution is 6.12. The Kier molecular flexibility index (Phi) is 8.11. The molecule has 3 rings (SSSR count). The number of hydrogen-bond acceptors (Lipinski definition) is 5. The van der Waals surface area contributed by atoms with Crippen LogP contribution >= 0.6 is 0 Å². The maximum absolute atomic E-state index is 12.0. The first-order valence-corrected chi connectivity index (χ1v) is 10.6. The summed E-state index contributed by atoms with van der Waals surface area (Å²) in [6.07, 6.45) is 13.4. The van der Waals surface area contributed by atoms with Gasteiger partial charge in [-0.05, 0) is 42.8 Å². The maximum atomic E-state index is 12.0. The number of furan rings is 1. The normalized spacial score (nSPS) is 14.9. The van der Waals surface area contributed by atoms with Crippen LogP contribution in [0.3, 0.4) is 0 Å². The second-order valence-electron chi connectivity index (χ2n) is 7.20. The monoisotopic (exact) mass is 395 g/mol. The SMILES string of the molecule is CCCCCCCCCCOc1ccc(C2=NC(=Cc3ccco3)C(=O)O2)cc1. The van der Waals surface area contributed by atoms with Gasteiger partial charge in [0.1, 0.15) is 11.5 Å². The summed E-state index contributed by atoms with van der Waals surface area (Å²) in [5.41, 5.74) is 0.964. The molecule has 1 aliphatic rings. The summed E-state index contributed by atoms with van der Waals surface area (Å²) in [6.45, 7) is 2.97. The van der Waals surface area contributed by atoms with Crippen molar-refractivity contribution in [2.75, 3.05) is 6.61 Å². The lowest BCUT2D eigenvalue weighted by molar-refractivity contribution is -0.129. The molecule has 1 aliphatic heterocycles. The number of cyclic esters (lactones) is 1. The number of unbranched alkanes of at least 4 members (excludes halogenated alkanes) is 7.